The third-order valence-electron chi connectivity index (χ3n) is 3.77. The summed E-state index contributed by atoms with van der Waals surface area (Å²) in [5.74, 6) is 0. The second-order valence-corrected chi connectivity index (χ2v) is 5.51. The van der Waals surface area contributed by atoms with Gasteiger partial charge in [0.15, 0.2) is 0 Å². The lowest BCUT2D eigenvalue weighted by Crippen LogP contribution is -2.50. The molecule has 2 heterocycles. The summed E-state index contributed by atoms with van der Waals surface area (Å²) in [6.07, 6.45) is 5.84. The maximum absolute atomic E-state index is 9.02. The average molecular weight is 244 g/mol. The summed E-state index contributed by atoms with van der Waals surface area (Å²) >= 11 is 0. The van der Waals surface area contributed by atoms with Crippen LogP contribution in [0.25, 0.3) is 0 Å². The number of pyridine rings is 1. The van der Waals surface area contributed by atoms with Crippen LogP contribution in [0.15, 0.2) is 18.5 Å². The summed E-state index contributed by atoms with van der Waals surface area (Å²) < 4.78 is 0. The lowest BCUT2D eigenvalue weighted by Gasteiger charge is -2.39. The molecule has 0 radical (unpaired) electrons. The number of hydrogen-bond donors (Lipinski definition) is 2. The number of nitrogens with zero attached hydrogens (tertiary/aromatic N) is 2. The van der Waals surface area contributed by atoms with E-state index in [0.29, 0.717) is 17.0 Å². The van der Waals surface area contributed by atoms with Gasteiger partial charge in [0.05, 0.1) is 17.4 Å². The number of anilines is 1. The van der Waals surface area contributed by atoms with Crippen LogP contribution in [-0.4, -0.2) is 24.1 Å². The lowest BCUT2D eigenvalue weighted by molar-refractivity contribution is 0.188. The van der Waals surface area contributed by atoms with Gasteiger partial charge in [-0.1, -0.05) is 13.8 Å². The van der Waals surface area contributed by atoms with Crippen molar-refractivity contribution < 1.29 is 0 Å². The van der Waals surface area contributed by atoms with E-state index in [0.717, 1.165) is 18.8 Å². The Morgan fingerprint density at radius 2 is 2.44 bits per heavy atom. The predicted octanol–water partition coefficient (Wildman–Crippen LogP) is 2.14. The fraction of sp³-hybridized carbons (Fsp3) is 0.571. The van der Waals surface area contributed by atoms with Gasteiger partial charge in [-0.25, -0.2) is 0 Å². The number of hydrogen-bond acceptors (Lipinski definition) is 4. The van der Waals surface area contributed by atoms with Gasteiger partial charge >= 0.3 is 0 Å². The molecule has 1 aromatic heterocycles. The smallest absolute Gasteiger partial charge is 0.101 e. The SMILES string of the molecule is CC1(C)CCCNC1CNc1cnccc1C#N. The maximum atomic E-state index is 9.02. The molecule has 1 aliphatic rings. The number of rotatable bonds is 3. The van der Waals surface area contributed by atoms with Crippen molar-refractivity contribution in [2.45, 2.75) is 32.7 Å². The number of nitrogens with one attached hydrogen (secondary N) is 2. The molecular weight excluding hydrogens is 224 g/mol. The Morgan fingerprint density at radius 3 is 3.17 bits per heavy atom. The molecule has 0 bridgehead atoms. The van der Waals surface area contributed by atoms with Gasteiger partial charge in [0, 0.05) is 18.8 Å². The molecule has 0 saturated carbocycles. The topological polar surface area (TPSA) is 60.7 Å². The summed E-state index contributed by atoms with van der Waals surface area (Å²) in [6, 6.07) is 4.35. The highest BCUT2D eigenvalue weighted by atomic mass is 15.0. The first kappa shape index (κ1) is 12.8. The van der Waals surface area contributed by atoms with Crippen LogP contribution in [0.3, 0.4) is 0 Å². The van der Waals surface area contributed by atoms with Crippen LogP contribution in [0.5, 0.6) is 0 Å². The van der Waals surface area contributed by atoms with Gasteiger partial charge < -0.3 is 10.6 Å². The first-order valence-corrected chi connectivity index (χ1v) is 6.45. The molecule has 96 valence electrons. The highest BCUT2D eigenvalue weighted by Crippen LogP contribution is 2.30. The molecule has 1 saturated heterocycles. The Labute approximate surface area is 108 Å². The molecule has 1 unspecified atom stereocenters. The Kier molecular flexibility index (Phi) is 3.83. The highest BCUT2D eigenvalue weighted by molar-refractivity contribution is 5.55. The molecule has 0 amide bonds. The van der Waals surface area contributed by atoms with Gasteiger partial charge in [-0.2, -0.15) is 5.26 Å². The van der Waals surface area contributed by atoms with Gasteiger partial charge in [-0.05, 0) is 30.9 Å². The summed E-state index contributed by atoms with van der Waals surface area (Å²) in [6.45, 7) is 6.49. The van der Waals surface area contributed by atoms with Crippen LogP contribution in [0.4, 0.5) is 5.69 Å². The minimum Gasteiger partial charge on any atom is -0.381 e. The molecule has 4 nitrogen and oxygen atoms in total. The van der Waals surface area contributed by atoms with Gasteiger partial charge in [-0.15, -0.1) is 0 Å². The van der Waals surface area contributed by atoms with Crippen molar-refractivity contribution in [1.82, 2.24) is 10.3 Å². The van der Waals surface area contributed by atoms with Crippen molar-refractivity contribution in [1.29, 1.82) is 5.26 Å². The van der Waals surface area contributed by atoms with E-state index in [9.17, 15) is 0 Å². The van der Waals surface area contributed by atoms with Crippen molar-refractivity contribution in [3.05, 3.63) is 24.0 Å². The molecule has 1 aliphatic heterocycles. The van der Waals surface area contributed by atoms with Crippen molar-refractivity contribution >= 4 is 5.69 Å². The molecule has 1 fully saturated rings. The summed E-state index contributed by atoms with van der Waals surface area (Å²) in [5, 5.41) is 15.9. The van der Waals surface area contributed by atoms with Crippen molar-refractivity contribution in [3.8, 4) is 6.07 Å². The normalized spacial score (nSPS) is 22.2. The molecule has 4 heteroatoms. The molecule has 0 aromatic carbocycles. The zero-order valence-corrected chi connectivity index (χ0v) is 11.0. The van der Waals surface area contributed by atoms with Crippen molar-refractivity contribution in [2.75, 3.05) is 18.4 Å². The summed E-state index contributed by atoms with van der Waals surface area (Å²) in [5.41, 5.74) is 1.77. The van der Waals surface area contributed by atoms with Crippen molar-refractivity contribution in [2.24, 2.45) is 5.41 Å². The first-order chi connectivity index (χ1) is 8.63. The highest BCUT2D eigenvalue weighted by Gasteiger charge is 2.31. The Bertz CT molecular complexity index is 447. The van der Waals surface area contributed by atoms with E-state index in [-0.39, 0.29) is 0 Å². The van der Waals surface area contributed by atoms with Crippen LogP contribution in [0.2, 0.25) is 0 Å². The van der Waals surface area contributed by atoms with E-state index in [1.54, 1.807) is 18.5 Å². The van der Waals surface area contributed by atoms with Gasteiger partial charge in [0.2, 0.25) is 0 Å². The fourth-order valence-electron chi connectivity index (χ4n) is 2.46. The lowest BCUT2D eigenvalue weighted by atomic mass is 9.77. The van der Waals surface area contributed by atoms with Gasteiger partial charge in [0.25, 0.3) is 0 Å². The third-order valence-corrected chi connectivity index (χ3v) is 3.77. The van der Waals surface area contributed by atoms with E-state index in [4.69, 9.17) is 5.26 Å². The van der Waals surface area contributed by atoms with Crippen molar-refractivity contribution in [3.63, 3.8) is 0 Å². The summed E-state index contributed by atoms with van der Waals surface area (Å²) in [7, 11) is 0. The molecular formula is C14H20N4. The molecule has 2 N–H and O–H groups in total. The minimum atomic E-state index is 0.292. The van der Waals surface area contributed by atoms with E-state index in [2.05, 4.69) is 35.5 Å². The maximum Gasteiger partial charge on any atom is 0.101 e. The number of aromatic nitrogens is 1. The second kappa shape index (κ2) is 5.36. The monoisotopic (exact) mass is 244 g/mol. The second-order valence-electron chi connectivity index (χ2n) is 5.51. The van der Waals surface area contributed by atoms with Crippen LogP contribution < -0.4 is 10.6 Å². The van der Waals surface area contributed by atoms with E-state index >= 15 is 0 Å². The molecule has 0 spiro atoms. The van der Waals surface area contributed by atoms with Gasteiger partial charge in [0.1, 0.15) is 6.07 Å². The molecule has 1 atom stereocenters. The minimum absolute atomic E-state index is 0.292. The van der Waals surface area contributed by atoms with E-state index in [1.807, 2.05) is 0 Å². The molecule has 0 aliphatic carbocycles. The van der Waals surface area contributed by atoms with Gasteiger partial charge in [-0.3, -0.25) is 4.98 Å². The average Bonchev–Trinajstić information content (AvgIpc) is 2.37. The standard InChI is InChI=1S/C14H20N4/c1-14(2)5-3-6-17-13(14)10-18-12-9-16-7-4-11(12)8-15/h4,7,9,13,17-18H,3,5-6,10H2,1-2H3. The quantitative estimate of drug-likeness (QED) is 0.855. The third kappa shape index (κ3) is 2.80. The fourth-order valence-corrected chi connectivity index (χ4v) is 2.46. The Morgan fingerprint density at radius 1 is 1.61 bits per heavy atom. The summed E-state index contributed by atoms with van der Waals surface area (Å²) in [4.78, 5) is 4.06. The Hall–Kier alpha value is -1.60. The van der Waals surface area contributed by atoms with Crippen LogP contribution >= 0.6 is 0 Å². The molecule has 1 aromatic rings. The van der Waals surface area contributed by atoms with Crippen LogP contribution in [0.1, 0.15) is 32.3 Å². The molecule has 18 heavy (non-hydrogen) atoms. The number of nitriles is 1. The largest absolute Gasteiger partial charge is 0.381 e. The van der Waals surface area contributed by atoms with Crippen LogP contribution in [-0.2, 0) is 0 Å². The Balaban J connectivity index is 2.01. The van der Waals surface area contributed by atoms with Crippen LogP contribution in [0, 0.1) is 16.7 Å². The predicted molar refractivity (Wildman–Crippen MR) is 72.2 cm³/mol. The number of piperidine rings is 1. The molecule has 2 rings (SSSR count). The zero-order valence-electron chi connectivity index (χ0n) is 11.0. The zero-order chi connectivity index (χ0) is 13.0. The van der Waals surface area contributed by atoms with E-state index < -0.39 is 0 Å². The van der Waals surface area contributed by atoms with E-state index in [1.165, 1.54) is 12.8 Å². The first-order valence-electron chi connectivity index (χ1n) is 6.45.